The van der Waals surface area contributed by atoms with Gasteiger partial charge in [0.05, 0.1) is 17.7 Å². The number of fused-ring (bicyclic) bond motifs is 1. The van der Waals surface area contributed by atoms with E-state index in [2.05, 4.69) is 10.1 Å². The molecule has 0 radical (unpaired) electrons. The zero-order chi connectivity index (χ0) is 13.2. The molecule has 0 saturated carbocycles. The van der Waals surface area contributed by atoms with Crippen molar-refractivity contribution in [2.45, 2.75) is 6.54 Å². The second-order valence-electron chi connectivity index (χ2n) is 3.80. The molecular weight excluding hydrogens is 250 g/mol. The number of nitrogens with zero attached hydrogens (tertiary/aromatic N) is 3. The molecule has 2 aromatic heterocycles. The summed E-state index contributed by atoms with van der Waals surface area (Å²) in [5.41, 5.74) is 1.94. The summed E-state index contributed by atoms with van der Waals surface area (Å²) in [5, 5.41) is 3.74. The van der Waals surface area contributed by atoms with Crippen LogP contribution in [0.2, 0.25) is 0 Å². The number of isocyanates is 1. The lowest BCUT2D eigenvalue weighted by Crippen LogP contribution is -2.14. The van der Waals surface area contributed by atoms with E-state index >= 15 is 0 Å². The third kappa shape index (κ3) is 1.98. The van der Waals surface area contributed by atoms with Crippen molar-refractivity contribution in [1.29, 1.82) is 0 Å². The van der Waals surface area contributed by atoms with Crippen molar-refractivity contribution in [2.24, 2.45) is 4.99 Å². The van der Waals surface area contributed by atoms with Crippen LogP contribution in [-0.2, 0) is 11.3 Å². The number of benzene rings is 1. The summed E-state index contributed by atoms with van der Waals surface area (Å²) in [5.74, 6) is -0.509. The Morgan fingerprint density at radius 1 is 1.37 bits per heavy atom. The van der Waals surface area contributed by atoms with Crippen molar-refractivity contribution in [3.8, 4) is 0 Å². The highest BCUT2D eigenvalue weighted by Gasteiger charge is 2.11. The van der Waals surface area contributed by atoms with Crippen LogP contribution in [0.3, 0.4) is 0 Å². The Balaban J connectivity index is 2.16. The Morgan fingerprint density at radius 2 is 2.26 bits per heavy atom. The van der Waals surface area contributed by atoms with Gasteiger partial charge in [0.2, 0.25) is 6.08 Å². The Morgan fingerprint density at radius 3 is 3.00 bits per heavy atom. The molecule has 1 aromatic carbocycles. The van der Waals surface area contributed by atoms with E-state index in [0.717, 1.165) is 0 Å². The molecule has 3 rings (SSSR count). The van der Waals surface area contributed by atoms with E-state index in [1.165, 1.54) is 16.9 Å². The largest absolute Gasteiger partial charge is 0.420 e. The van der Waals surface area contributed by atoms with Crippen LogP contribution < -0.4 is 5.76 Å². The smallest absolute Gasteiger partial charge is 0.408 e. The van der Waals surface area contributed by atoms with Gasteiger partial charge in [-0.15, -0.1) is 0 Å². The van der Waals surface area contributed by atoms with Crippen LogP contribution in [0, 0.1) is 0 Å². The summed E-state index contributed by atoms with van der Waals surface area (Å²) < 4.78 is 11.2. The molecular formula is C12H7N3O4. The molecule has 0 fully saturated rings. The Hall–Kier alpha value is -2.92. The molecule has 0 aliphatic rings. The van der Waals surface area contributed by atoms with E-state index in [4.69, 9.17) is 8.94 Å². The van der Waals surface area contributed by atoms with E-state index < -0.39 is 5.76 Å². The Labute approximate surface area is 105 Å². The van der Waals surface area contributed by atoms with Gasteiger partial charge in [0.1, 0.15) is 12.0 Å². The number of carbonyl (C=O) groups excluding carboxylic acids is 1. The van der Waals surface area contributed by atoms with E-state index in [1.807, 2.05) is 0 Å². The molecule has 0 unspecified atom stereocenters. The van der Waals surface area contributed by atoms with Gasteiger partial charge in [-0.2, -0.15) is 4.99 Å². The number of hydrogen-bond acceptors (Lipinski definition) is 6. The van der Waals surface area contributed by atoms with Gasteiger partial charge < -0.3 is 8.94 Å². The summed E-state index contributed by atoms with van der Waals surface area (Å²) in [6, 6.07) is 6.37. The van der Waals surface area contributed by atoms with Gasteiger partial charge in [0.15, 0.2) is 5.58 Å². The van der Waals surface area contributed by atoms with Crippen molar-refractivity contribution in [1.82, 2.24) is 9.72 Å². The third-order valence-electron chi connectivity index (χ3n) is 2.64. The van der Waals surface area contributed by atoms with Crippen molar-refractivity contribution >= 4 is 22.9 Å². The second-order valence-corrected chi connectivity index (χ2v) is 3.80. The molecule has 7 nitrogen and oxygen atoms in total. The summed E-state index contributed by atoms with van der Waals surface area (Å²) in [6.07, 6.45) is 2.87. The van der Waals surface area contributed by atoms with Crippen LogP contribution in [0.1, 0.15) is 5.69 Å². The molecule has 0 aliphatic carbocycles. The van der Waals surface area contributed by atoms with Gasteiger partial charge in [-0.3, -0.25) is 4.57 Å². The van der Waals surface area contributed by atoms with Crippen molar-refractivity contribution in [3.63, 3.8) is 0 Å². The van der Waals surface area contributed by atoms with Gasteiger partial charge in [0, 0.05) is 6.07 Å². The lowest BCUT2D eigenvalue weighted by Gasteiger charge is -1.98. The zero-order valence-electron chi connectivity index (χ0n) is 9.57. The first-order valence-electron chi connectivity index (χ1n) is 5.38. The molecule has 0 amide bonds. The highest BCUT2D eigenvalue weighted by Crippen LogP contribution is 2.20. The fourth-order valence-electron chi connectivity index (χ4n) is 1.80. The van der Waals surface area contributed by atoms with E-state index in [0.29, 0.717) is 22.5 Å². The second kappa shape index (κ2) is 4.40. The van der Waals surface area contributed by atoms with Crippen molar-refractivity contribution in [3.05, 3.63) is 46.8 Å². The molecule has 0 spiro atoms. The lowest BCUT2D eigenvalue weighted by molar-refractivity contribution is 0.408. The van der Waals surface area contributed by atoms with Crippen LogP contribution >= 0.6 is 0 Å². The van der Waals surface area contributed by atoms with E-state index in [9.17, 15) is 9.59 Å². The molecule has 0 bridgehead atoms. The highest BCUT2D eigenvalue weighted by atomic mass is 16.5. The summed E-state index contributed by atoms with van der Waals surface area (Å²) >= 11 is 0. The number of hydrogen-bond donors (Lipinski definition) is 0. The quantitative estimate of drug-likeness (QED) is 0.525. The SMILES string of the molecule is O=C=Nc1ccc2oc(=O)n(Cc3ccon3)c2c1. The van der Waals surface area contributed by atoms with Gasteiger partial charge in [-0.05, 0) is 18.2 Å². The first kappa shape index (κ1) is 11.2. The van der Waals surface area contributed by atoms with E-state index in [1.54, 1.807) is 24.3 Å². The Bertz CT molecular complexity index is 822. The van der Waals surface area contributed by atoms with Crippen LogP contribution in [0.15, 0.2) is 49.3 Å². The monoisotopic (exact) mass is 257 g/mol. The molecule has 2 heterocycles. The maximum Gasteiger partial charge on any atom is 0.420 e. The van der Waals surface area contributed by atoms with Crippen LogP contribution in [-0.4, -0.2) is 15.8 Å². The van der Waals surface area contributed by atoms with Gasteiger partial charge in [-0.25, -0.2) is 9.59 Å². The highest BCUT2D eigenvalue weighted by molar-refractivity contribution is 5.77. The fraction of sp³-hybridized carbons (Fsp3) is 0.0833. The van der Waals surface area contributed by atoms with Gasteiger partial charge in [-0.1, -0.05) is 5.16 Å². The summed E-state index contributed by atoms with van der Waals surface area (Å²) in [4.78, 5) is 25.5. The van der Waals surface area contributed by atoms with E-state index in [-0.39, 0.29) is 6.54 Å². The molecule has 94 valence electrons. The standard InChI is InChI=1S/C12H7N3O4/c16-7-13-8-1-2-11-10(5-8)15(12(17)19-11)6-9-3-4-18-14-9/h1-5H,6H2. The maximum atomic E-state index is 11.8. The molecule has 0 N–H and O–H groups in total. The topological polar surface area (TPSA) is 90.6 Å². The maximum absolute atomic E-state index is 11.8. The summed E-state index contributed by atoms with van der Waals surface area (Å²) in [6.45, 7) is 0.219. The molecule has 0 saturated heterocycles. The minimum atomic E-state index is -0.509. The van der Waals surface area contributed by atoms with Gasteiger partial charge >= 0.3 is 5.76 Å². The predicted molar refractivity (Wildman–Crippen MR) is 63.9 cm³/mol. The third-order valence-corrected chi connectivity index (χ3v) is 2.64. The zero-order valence-corrected chi connectivity index (χ0v) is 9.57. The van der Waals surface area contributed by atoms with Crippen LogP contribution in [0.5, 0.6) is 0 Å². The molecule has 0 aliphatic heterocycles. The predicted octanol–water partition coefficient (Wildman–Crippen LogP) is 1.60. The molecule has 19 heavy (non-hydrogen) atoms. The minimum absolute atomic E-state index is 0.219. The number of aliphatic imine (C=N–C) groups is 1. The normalized spacial score (nSPS) is 10.5. The molecule has 3 aromatic rings. The first-order valence-corrected chi connectivity index (χ1v) is 5.38. The first-order chi connectivity index (χ1) is 9.28. The summed E-state index contributed by atoms with van der Waals surface area (Å²) in [7, 11) is 0. The van der Waals surface area contributed by atoms with Crippen molar-refractivity contribution < 1.29 is 13.7 Å². The van der Waals surface area contributed by atoms with Crippen LogP contribution in [0.25, 0.3) is 11.1 Å². The van der Waals surface area contributed by atoms with Crippen molar-refractivity contribution in [2.75, 3.05) is 0 Å². The van der Waals surface area contributed by atoms with Crippen LogP contribution in [0.4, 0.5) is 5.69 Å². The minimum Gasteiger partial charge on any atom is -0.408 e. The Kier molecular flexibility index (Phi) is 2.59. The lowest BCUT2D eigenvalue weighted by atomic mass is 10.3. The number of oxazole rings is 1. The average molecular weight is 257 g/mol. The van der Waals surface area contributed by atoms with Gasteiger partial charge in [0.25, 0.3) is 0 Å². The molecule has 0 atom stereocenters. The number of rotatable bonds is 3. The number of aromatic nitrogens is 2. The molecule has 7 heteroatoms. The average Bonchev–Trinajstić information content (AvgIpc) is 3.00. The fourth-order valence-corrected chi connectivity index (χ4v) is 1.80.